The molecular weight excluding hydrogens is 174 g/mol. The molecule has 0 aliphatic carbocycles. The Morgan fingerprint density at radius 2 is 1.92 bits per heavy atom. The van der Waals surface area contributed by atoms with Crippen LogP contribution < -0.4 is 0 Å². The van der Waals surface area contributed by atoms with E-state index in [2.05, 4.69) is 14.5 Å². The Hall–Kier alpha value is -1.65. The van der Waals surface area contributed by atoms with Crippen molar-refractivity contribution in [1.82, 2.24) is 0 Å². The van der Waals surface area contributed by atoms with Crippen molar-refractivity contribution in [3.05, 3.63) is 11.3 Å². The molecule has 13 heavy (non-hydrogen) atoms. The van der Waals surface area contributed by atoms with Crippen LogP contribution in [0, 0.1) is 0 Å². The molecule has 1 aliphatic rings. The number of hydrogen-bond donors (Lipinski definition) is 0. The summed E-state index contributed by atoms with van der Waals surface area (Å²) in [6.07, 6.45) is 1.79. The molecular formula is C8H9NO4. The summed E-state index contributed by atoms with van der Waals surface area (Å²) in [7, 11) is 2.49. The van der Waals surface area contributed by atoms with E-state index in [1.165, 1.54) is 20.4 Å². The average Bonchev–Trinajstić information content (AvgIpc) is 2.63. The largest absolute Gasteiger partial charge is 0.466 e. The van der Waals surface area contributed by atoms with Gasteiger partial charge in [0.25, 0.3) is 0 Å². The Bertz CT molecular complexity index is 303. The van der Waals surface area contributed by atoms with E-state index < -0.39 is 11.9 Å². The minimum absolute atomic E-state index is 0.0364. The molecule has 1 aliphatic heterocycles. The summed E-state index contributed by atoms with van der Waals surface area (Å²) in [4.78, 5) is 25.9. The van der Waals surface area contributed by atoms with E-state index >= 15 is 0 Å². The molecule has 0 unspecified atom stereocenters. The normalized spacial score (nSPS) is 14.6. The van der Waals surface area contributed by atoms with Gasteiger partial charge in [-0.1, -0.05) is 0 Å². The molecule has 0 aromatic heterocycles. The quantitative estimate of drug-likeness (QED) is 0.568. The predicted octanol–water partition coefficient (Wildman–Crippen LogP) is 0.0610. The molecule has 0 radical (unpaired) electrons. The zero-order valence-electron chi connectivity index (χ0n) is 7.36. The number of esters is 2. The van der Waals surface area contributed by atoms with Crippen LogP contribution >= 0.6 is 0 Å². The second-order valence-corrected chi connectivity index (χ2v) is 2.33. The molecule has 1 heterocycles. The van der Waals surface area contributed by atoms with E-state index in [0.717, 1.165) is 0 Å². The van der Waals surface area contributed by atoms with Crippen molar-refractivity contribution in [3.8, 4) is 0 Å². The Morgan fingerprint density at radius 3 is 2.46 bits per heavy atom. The molecule has 1 rings (SSSR count). The topological polar surface area (TPSA) is 65.0 Å². The highest BCUT2D eigenvalue weighted by molar-refractivity contribution is 6.05. The summed E-state index contributed by atoms with van der Waals surface area (Å²) in [6.45, 7) is 0. The Kier molecular flexibility index (Phi) is 2.79. The van der Waals surface area contributed by atoms with Crippen LogP contribution in [0.5, 0.6) is 0 Å². The first kappa shape index (κ1) is 9.44. The summed E-state index contributed by atoms with van der Waals surface area (Å²) in [5, 5.41) is 0. The van der Waals surface area contributed by atoms with Gasteiger partial charge in [0, 0.05) is 12.6 Å². The molecule has 0 aromatic rings. The van der Waals surface area contributed by atoms with Gasteiger partial charge in [0.1, 0.15) is 0 Å². The van der Waals surface area contributed by atoms with Crippen molar-refractivity contribution in [2.75, 3.05) is 14.2 Å². The zero-order chi connectivity index (χ0) is 9.84. The van der Waals surface area contributed by atoms with Crippen LogP contribution in [0.25, 0.3) is 0 Å². The van der Waals surface area contributed by atoms with E-state index in [1.807, 2.05) is 0 Å². The van der Waals surface area contributed by atoms with Gasteiger partial charge in [0.05, 0.1) is 19.8 Å². The monoisotopic (exact) mass is 183 g/mol. The van der Waals surface area contributed by atoms with Gasteiger partial charge in [-0.05, 0) is 0 Å². The zero-order valence-corrected chi connectivity index (χ0v) is 7.36. The molecule has 0 atom stereocenters. The van der Waals surface area contributed by atoms with Crippen LogP contribution in [0.1, 0.15) is 6.42 Å². The molecule has 5 heteroatoms. The van der Waals surface area contributed by atoms with Gasteiger partial charge in [-0.15, -0.1) is 0 Å². The Labute approximate surface area is 75.0 Å². The van der Waals surface area contributed by atoms with E-state index in [-0.39, 0.29) is 11.3 Å². The number of aliphatic imine (C=N–C) groups is 1. The van der Waals surface area contributed by atoms with Crippen molar-refractivity contribution in [2.24, 2.45) is 4.99 Å². The van der Waals surface area contributed by atoms with Crippen molar-refractivity contribution in [2.45, 2.75) is 6.42 Å². The maximum atomic E-state index is 11.1. The van der Waals surface area contributed by atoms with Crippen LogP contribution in [-0.4, -0.2) is 32.4 Å². The van der Waals surface area contributed by atoms with Crippen molar-refractivity contribution >= 4 is 18.2 Å². The Balaban J connectivity index is 2.94. The SMILES string of the molecule is COC(=O)C1=C(C(=O)OC)N=CC1. The van der Waals surface area contributed by atoms with E-state index in [9.17, 15) is 9.59 Å². The second kappa shape index (κ2) is 3.84. The number of carbonyl (C=O) groups is 2. The number of carbonyl (C=O) groups excluding carboxylic acids is 2. The third kappa shape index (κ3) is 1.74. The molecule has 0 saturated carbocycles. The van der Waals surface area contributed by atoms with Crippen LogP contribution in [-0.2, 0) is 19.1 Å². The summed E-state index contributed by atoms with van der Waals surface area (Å²) in [6, 6.07) is 0. The lowest BCUT2D eigenvalue weighted by Gasteiger charge is -2.01. The van der Waals surface area contributed by atoms with Gasteiger partial charge >= 0.3 is 11.9 Å². The molecule has 0 amide bonds. The fourth-order valence-electron chi connectivity index (χ4n) is 0.979. The number of ether oxygens (including phenoxy) is 2. The standard InChI is InChI=1S/C8H9NO4/c1-12-7(10)5-3-4-9-6(5)8(11)13-2/h4H,3H2,1-2H3. The maximum absolute atomic E-state index is 11.1. The Morgan fingerprint density at radius 1 is 1.31 bits per heavy atom. The molecule has 5 nitrogen and oxygen atoms in total. The highest BCUT2D eigenvalue weighted by Crippen LogP contribution is 2.18. The number of hydrogen-bond acceptors (Lipinski definition) is 5. The number of rotatable bonds is 2. The predicted molar refractivity (Wildman–Crippen MR) is 44.2 cm³/mol. The van der Waals surface area contributed by atoms with E-state index in [0.29, 0.717) is 6.42 Å². The van der Waals surface area contributed by atoms with Crippen LogP contribution in [0.4, 0.5) is 0 Å². The highest BCUT2D eigenvalue weighted by Gasteiger charge is 2.24. The third-order valence-corrected chi connectivity index (χ3v) is 1.61. The molecule has 0 saturated heterocycles. The number of methoxy groups -OCH3 is 2. The summed E-state index contributed by atoms with van der Waals surface area (Å²) in [5.74, 6) is -1.16. The average molecular weight is 183 g/mol. The van der Waals surface area contributed by atoms with Crippen LogP contribution in [0.3, 0.4) is 0 Å². The number of nitrogens with zero attached hydrogens (tertiary/aromatic N) is 1. The van der Waals surface area contributed by atoms with Crippen molar-refractivity contribution in [1.29, 1.82) is 0 Å². The minimum Gasteiger partial charge on any atom is -0.466 e. The highest BCUT2D eigenvalue weighted by atomic mass is 16.5. The maximum Gasteiger partial charge on any atom is 0.357 e. The molecule has 0 fully saturated rings. The van der Waals surface area contributed by atoms with Crippen molar-refractivity contribution < 1.29 is 19.1 Å². The first-order chi connectivity index (χ1) is 6.20. The van der Waals surface area contributed by atoms with Crippen LogP contribution in [0.2, 0.25) is 0 Å². The van der Waals surface area contributed by atoms with Gasteiger partial charge < -0.3 is 9.47 Å². The van der Waals surface area contributed by atoms with Crippen LogP contribution in [0.15, 0.2) is 16.3 Å². The third-order valence-electron chi connectivity index (χ3n) is 1.61. The van der Waals surface area contributed by atoms with Gasteiger partial charge in [-0.2, -0.15) is 0 Å². The molecule has 0 aromatic carbocycles. The molecule has 0 N–H and O–H groups in total. The van der Waals surface area contributed by atoms with E-state index in [4.69, 9.17) is 0 Å². The van der Waals surface area contributed by atoms with E-state index in [1.54, 1.807) is 0 Å². The van der Waals surface area contributed by atoms with Gasteiger partial charge in [-0.3, -0.25) is 4.99 Å². The lowest BCUT2D eigenvalue weighted by Crippen LogP contribution is -2.10. The second-order valence-electron chi connectivity index (χ2n) is 2.33. The van der Waals surface area contributed by atoms with Gasteiger partial charge in [-0.25, -0.2) is 9.59 Å². The van der Waals surface area contributed by atoms with Gasteiger partial charge in [0.15, 0.2) is 5.70 Å². The molecule has 70 valence electrons. The molecule has 0 bridgehead atoms. The van der Waals surface area contributed by atoms with Crippen molar-refractivity contribution in [3.63, 3.8) is 0 Å². The fourth-order valence-corrected chi connectivity index (χ4v) is 0.979. The first-order valence-electron chi connectivity index (χ1n) is 3.63. The summed E-state index contributed by atoms with van der Waals surface area (Å²) in [5.41, 5.74) is 0.281. The minimum atomic E-state index is -0.617. The summed E-state index contributed by atoms with van der Waals surface area (Å²) >= 11 is 0. The summed E-state index contributed by atoms with van der Waals surface area (Å²) < 4.78 is 8.92. The lowest BCUT2D eigenvalue weighted by molar-refractivity contribution is -0.139. The molecule has 0 spiro atoms. The van der Waals surface area contributed by atoms with Gasteiger partial charge in [0.2, 0.25) is 0 Å². The lowest BCUT2D eigenvalue weighted by atomic mass is 10.2. The first-order valence-corrected chi connectivity index (χ1v) is 3.63. The smallest absolute Gasteiger partial charge is 0.357 e. The fraction of sp³-hybridized carbons (Fsp3) is 0.375.